The highest BCUT2D eigenvalue weighted by atomic mass is 16.7. The van der Waals surface area contributed by atoms with Gasteiger partial charge in [-0.25, -0.2) is 0 Å². The van der Waals surface area contributed by atoms with Crippen molar-refractivity contribution in [2.45, 2.75) is 50.0 Å². The van der Waals surface area contributed by atoms with Crippen LogP contribution >= 0.6 is 0 Å². The van der Waals surface area contributed by atoms with Gasteiger partial charge in [0, 0.05) is 0 Å². The van der Waals surface area contributed by atoms with Gasteiger partial charge in [-0.05, 0) is 16.7 Å². The highest BCUT2D eigenvalue weighted by Gasteiger charge is 2.80. The molecule has 1 heterocycles. The van der Waals surface area contributed by atoms with Crippen LogP contribution in [0.3, 0.4) is 0 Å². The van der Waals surface area contributed by atoms with Gasteiger partial charge in [-0.3, -0.25) is 0 Å². The van der Waals surface area contributed by atoms with Gasteiger partial charge in [0.25, 0.3) is 0 Å². The molecule has 1 aliphatic carbocycles. The molecule has 3 aromatic carbocycles. The van der Waals surface area contributed by atoms with Crippen LogP contribution < -0.4 is 0 Å². The molecule has 0 spiro atoms. The smallest absolute Gasteiger partial charge is 0.184 e. The molecule has 31 heavy (non-hydrogen) atoms. The average Bonchev–Trinajstić information content (AvgIpc) is 3.32. The second kappa shape index (κ2) is 8.91. The summed E-state index contributed by atoms with van der Waals surface area (Å²) < 4.78 is 24.5. The SMILES string of the molecule is OC1O[C@@H]2C(OCc3ccccc3)[C@]2(OCc2ccccc2)[C@H]1OCc1ccccc1. The minimum absolute atomic E-state index is 0.305. The lowest BCUT2D eigenvalue weighted by atomic mass is 10.1. The van der Waals surface area contributed by atoms with Gasteiger partial charge in [0.05, 0.1) is 19.8 Å². The van der Waals surface area contributed by atoms with E-state index in [9.17, 15) is 5.11 Å². The highest BCUT2D eigenvalue weighted by Crippen LogP contribution is 2.56. The Morgan fingerprint density at radius 3 is 1.61 bits per heavy atom. The van der Waals surface area contributed by atoms with Crippen molar-refractivity contribution in [2.75, 3.05) is 0 Å². The molecule has 1 N–H and O–H groups in total. The molecule has 0 amide bonds. The first-order valence-corrected chi connectivity index (χ1v) is 10.6. The predicted octanol–water partition coefficient (Wildman–Crippen LogP) is 3.84. The minimum Gasteiger partial charge on any atom is -0.367 e. The Hall–Kier alpha value is -2.54. The van der Waals surface area contributed by atoms with E-state index in [0.29, 0.717) is 19.8 Å². The zero-order valence-corrected chi connectivity index (χ0v) is 17.2. The predicted molar refractivity (Wildman–Crippen MR) is 115 cm³/mol. The van der Waals surface area contributed by atoms with Crippen molar-refractivity contribution < 1.29 is 24.1 Å². The Labute approximate surface area is 182 Å². The number of hydrogen-bond donors (Lipinski definition) is 1. The zero-order valence-electron chi connectivity index (χ0n) is 17.2. The van der Waals surface area contributed by atoms with Gasteiger partial charge < -0.3 is 24.1 Å². The highest BCUT2D eigenvalue weighted by molar-refractivity contribution is 5.28. The molecule has 0 radical (unpaired) electrons. The van der Waals surface area contributed by atoms with E-state index < -0.39 is 18.0 Å². The van der Waals surface area contributed by atoms with Crippen LogP contribution in [0.4, 0.5) is 0 Å². The van der Waals surface area contributed by atoms with Crippen LogP contribution in [-0.2, 0) is 38.8 Å². The lowest BCUT2D eigenvalue weighted by molar-refractivity contribution is -0.199. The summed E-state index contributed by atoms with van der Waals surface area (Å²) in [5, 5.41) is 10.6. The van der Waals surface area contributed by atoms with Gasteiger partial charge in [-0.1, -0.05) is 91.0 Å². The fourth-order valence-electron chi connectivity index (χ4n) is 4.25. The van der Waals surface area contributed by atoms with E-state index in [-0.39, 0.29) is 12.2 Å². The molecule has 0 aromatic heterocycles. The topological polar surface area (TPSA) is 57.2 Å². The summed E-state index contributed by atoms with van der Waals surface area (Å²) in [5.74, 6) is 0. The molecule has 5 heteroatoms. The molecule has 0 bridgehead atoms. The van der Waals surface area contributed by atoms with Crippen LogP contribution in [0.5, 0.6) is 0 Å². The third-order valence-electron chi connectivity index (χ3n) is 5.92. The molecule has 160 valence electrons. The van der Waals surface area contributed by atoms with Crippen LogP contribution in [0.1, 0.15) is 16.7 Å². The van der Waals surface area contributed by atoms with Crippen molar-refractivity contribution in [1.82, 2.24) is 0 Å². The van der Waals surface area contributed by atoms with Crippen molar-refractivity contribution in [3.05, 3.63) is 108 Å². The Balaban J connectivity index is 1.32. The Morgan fingerprint density at radius 1 is 0.645 bits per heavy atom. The second-order valence-corrected chi connectivity index (χ2v) is 8.01. The average molecular weight is 418 g/mol. The summed E-state index contributed by atoms with van der Waals surface area (Å²) in [6.45, 7) is 1.20. The molecule has 1 saturated carbocycles. The van der Waals surface area contributed by atoms with E-state index in [0.717, 1.165) is 16.7 Å². The molecule has 2 aliphatic rings. The number of fused-ring (bicyclic) bond motifs is 1. The van der Waals surface area contributed by atoms with Gasteiger partial charge in [0.15, 0.2) is 11.9 Å². The molecule has 1 aliphatic heterocycles. The zero-order chi connectivity index (χ0) is 21.1. The maximum Gasteiger partial charge on any atom is 0.184 e. The van der Waals surface area contributed by atoms with E-state index in [1.807, 2.05) is 91.0 Å². The molecule has 3 aromatic rings. The van der Waals surface area contributed by atoms with Gasteiger partial charge in [-0.2, -0.15) is 0 Å². The number of aliphatic hydroxyl groups is 1. The lowest BCUT2D eigenvalue weighted by Crippen LogP contribution is -2.43. The largest absolute Gasteiger partial charge is 0.367 e. The summed E-state index contributed by atoms with van der Waals surface area (Å²) in [5.41, 5.74) is 2.32. The van der Waals surface area contributed by atoms with Crippen LogP contribution in [0, 0.1) is 0 Å². The molecule has 5 atom stereocenters. The van der Waals surface area contributed by atoms with E-state index in [2.05, 4.69) is 0 Å². The molecule has 2 unspecified atom stereocenters. The molecular weight excluding hydrogens is 392 g/mol. The Kier molecular flexibility index (Phi) is 5.85. The molecule has 5 rings (SSSR count). The van der Waals surface area contributed by atoms with E-state index in [1.54, 1.807) is 0 Å². The Bertz CT molecular complexity index is 965. The molecule has 5 nitrogen and oxygen atoms in total. The number of ether oxygens (including phenoxy) is 4. The molecule has 1 saturated heterocycles. The summed E-state index contributed by atoms with van der Waals surface area (Å²) in [4.78, 5) is 0. The minimum atomic E-state index is -1.05. The first kappa shape index (κ1) is 20.4. The van der Waals surface area contributed by atoms with Crippen molar-refractivity contribution >= 4 is 0 Å². The first-order valence-electron chi connectivity index (χ1n) is 10.6. The van der Waals surface area contributed by atoms with Gasteiger partial charge in [0.2, 0.25) is 0 Å². The summed E-state index contributed by atoms with van der Waals surface area (Å²) in [6, 6.07) is 29.8. The van der Waals surface area contributed by atoms with Gasteiger partial charge in [0.1, 0.15) is 18.3 Å². The second-order valence-electron chi connectivity index (χ2n) is 8.01. The number of rotatable bonds is 9. The summed E-state index contributed by atoms with van der Waals surface area (Å²) >= 11 is 0. The fourth-order valence-corrected chi connectivity index (χ4v) is 4.25. The normalized spacial score (nSPS) is 28.9. The summed E-state index contributed by atoms with van der Waals surface area (Å²) in [7, 11) is 0. The lowest BCUT2D eigenvalue weighted by Gasteiger charge is -2.27. The Morgan fingerprint density at radius 2 is 1.10 bits per heavy atom. The van der Waals surface area contributed by atoms with E-state index in [4.69, 9.17) is 18.9 Å². The van der Waals surface area contributed by atoms with Crippen LogP contribution in [0.25, 0.3) is 0 Å². The third-order valence-corrected chi connectivity index (χ3v) is 5.92. The number of benzene rings is 3. The van der Waals surface area contributed by atoms with Gasteiger partial charge >= 0.3 is 0 Å². The van der Waals surface area contributed by atoms with E-state index in [1.165, 1.54) is 0 Å². The maximum absolute atomic E-state index is 10.6. The molecule has 2 fully saturated rings. The van der Waals surface area contributed by atoms with Crippen molar-refractivity contribution in [1.29, 1.82) is 0 Å². The standard InChI is InChI=1S/C26H26O5/c27-25-24(29-17-20-12-6-2-7-13-20)26(30-18-21-14-8-3-9-15-21)22(23(26)31-25)28-16-19-10-4-1-5-11-19/h1-15,22-25,27H,16-18H2/t22?,23-,24+,25?,26-/m1/s1. The maximum atomic E-state index is 10.6. The molecular formula is C26H26O5. The van der Waals surface area contributed by atoms with Crippen molar-refractivity contribution in [3.8, 4) is 0 Å². The fraction of sp³-hybridized carbons (Fsp3) is 0.308. The number of aliphatic hydroxyl groups excluding tert-OH is 1. The third kappa shape index (κ3) is 4.15. The quantitative estimate of drug-likeness (QED) is 0.572. The van der Waals surface area contributed by atoms with Crippen LogP contribution in [0.2, 0.25) is 0 Å². The van der Waals surface area contributed by atoms with Crippen molar-refractivity contribution in [2.24, 2.45) is 0 Å². The van der Waals surface area contributed by atoms with Crippen molar-refractivity contribution in [3.63, 3.8) is 0 Å². The monoisotopic (exact) mass is 418 g/mol. The first-order chi connectivity index (χ1) is 15.3. The van der Waals surface area contributed by atoms with Gasteiger partial charge in [-0.15, -0.1) is 0 Å². The summed E-state index contributed by atoms with van der Waals surface area (Å²) in [6.07, 6.45) is -2.36. The van der Waals surface area contributed by atoms with Crippen LogP contribution in [0.15, 0.2) is 91.0 Å². The number of hydrogen-bond acceptors (Lipinski definition) is 5. The van der Waals surface area contributed by atoms with Crippen LogP contribution in [-0.4, -0.2) is 35.3 Å². The van der Waals surface area contributed by atoms with E-state index >= 15 is 0 Å².